The molecule has 2 aliphatic rings. The van der Waals surface area contributed by atoms with Gasteiger partial charge in [0.05, 0.1) is 23.3 Å². The molecule has 2 aliphatic heterocycles. The molecule has 0 radical (unpaired) electrons. The van der Waals surface area contributed by atoms with Crippen molar-refractivity contribution in [3.63, 3.8) is 0 Å². The maximum absolute atomic E-state index is 12.9. The van der Waals surface area contributed by atoms with Crippen LogP contribution < -0.4 is 9.62 Å². The minimum absolute atomic E-state index is 0.0470. The second kappa shape index (κ2) is 13.5. The second-order valence-corrected chi connectivity index (χ2v) is 10.9. The first-order valence-corrected chi connectivity index (χ1v) is 13.9. The van der Waals surface area contributed by atoms with Crippen LogP contribution in [-0.2, 0) is 16.6 Å². The molecule has 37 heavy (non-hydrogen) atoms. The number of phenolic OH excluding ortho intramolecular Hbond substituents is 1. The summed E-state index contributed by atoms with van der Waals surface area (Å²) in [4.78, 5) is 20.7. The van der Waals surface area contributed by atoms with Crippen molar-refractivity contribution in [3.05, 3.63) is 54.0 Å². The molecular weight excluding hydrogens is 497 g/mol. The molecule has 2 N–H and O–H groups in total. The number of rotatable bonds is 6. The quantitative estimate of drug-likeness (QED) is 0.544. The maximum atomic E-state index is 12.9. The molecule has 9 nitrogen and oxygen atoms in total. The lowest BCUT2D eigenvalue weighted by molar-refractivity contribution is 0.0774. The van der Waals surface area contributed by atoms with E-state index in [0.29, 0.717) is 23.1 Å². The Morgan fingerprint density at radius 1 is 1.35 bits per heavy atom. The predicted octanol–water partition coefficient (Wildman–Crippen LogP) is 3.62. The molecule has 204 valence electrons. The molecule has 3 heterocycles. The first-order valence-electron chi connectivity index (χ1n) is 12.1. The Bertz CT molecular complexity index is 1240. The van der Waals surface area contributed by atoms with Gasteiger partial charge in [0, 0.05) is 63.5 Å². The summed E-state index contributed by atoms with van der Waals surface area (Å²) in [7, 11) is -0.103. The van der Waals surface area contributed by atoms with E-state index < -0.39 is 21.8 Å². The summed E-state index contributed by atoms with van der Waals surface area (Å²) in [6, 6.07) is 3.29. The zero-order valence-electron chi connectivity index (χ0n) is 22.3. The van der Waals surface area contributed by atoms with Crippen molar-refractivity contribution in [1.82, 2.24) is 20.1 Å². The first-order chi connectivity index (χ1) is 17.4. The van der Waals surface area contributed by atoms with Crippen molar-refractivity contribution in [2.45, 2.75) is 33.2 Å². The molecular formula is C26H38FN5O4S. The van der Waals surface area contributed by atoms with Crippen molar-refractivity contribution in [2.24, 2.45) is 0 Å². The third kappa shape index (κ3) is 7.73. The first kappa shape index (κ1) is 30.2. The average molecular weight is 536 g/mol. The number of aromatic hydroxyl groups is 1. The van der Waals surface area contributed by atoms with Gasteiger partial charge in [-0.15, -0.1) is 0 Å². The fourth-order valence-electron chi connectivity index (χ4n) is 3.92. The van der Waals surface area contributed by atoms with Gasteiger partial charge in [-0.2, -0.15) is 0 Å². The number of nitrogens with one attached hydrogen (secondary N) is 1. The zero-order chi connectivity index (χ0) is 27.8. The van der Waals surface area contributed by atoms with Gasteiger partial charge in [0.2, 0.25) is 10.0 Å². The summed E-state index contributed by atoms with van der Waals surface area (Å²) >= 11 is 0. The second-order valence-electron chi connectivity index (χ2n) is 8.93. The lowest BCUT2D eigenvalue weighted by atomic mass is 10.0. The maximum Gasteiger partial charge on any atom is 0.258 e. The number of hydrogen-bond acceptors (Lipinski definition) is 7. The predicted molar refractivity (Wildman–Crippen MR) is 147 cm³/mol. The largest absolute Gasteiger partial charge is 0.505 e. The highest BCUT2D eigenvalue weighted by atomic mass is 32.2. The molecule has 11 heteroatoms. The molecule has 0 atom stereocenters. The van der Waals surface area contributed by atoms with Crippen LogP contribution in [0.4, 0.5) is 10.1 Å². The number of hydrogen-bond donors (Lipinski definition) is 2. The SMILES string of the molecule is C/C=C\C.C=C(F)CCCN1Cc2c(c(O)c3ncccc3c2N(C)S(C)(=O)=O)C1=O.CN1CCNC1. The van der Waals surface area contributed by atoms with Crippen molar-refractivity contribution >= 4 is 32.5 Å². The van der Waals surface area contributed by atoms with E-state index in [4.69, 9.17) is 0 Å². The summed E-state index contributed by atoms with van der Waals surface area (Å²) in [5.41, 5.74) is 0.948. The molecule has 1 fully saturated rings. The van der Waals surface area contributed by atoms with Crippen molar-refractivity contribution in [2.75, 3.05) is 51.0 Å². The highest BCUT2D eigenvalue weighted by Crippen LogP contribution is 2.44. The molecule has 1 aromatic heterocycles. The summed E-state index contributed by atoms with van der Waals surface area (Å²) in [6.07, 6.45) is 7.04. The number of phenols is 1. The number of sulfonamides is 1. The lowest BCUT2D eigenvalue weighted by Crippen LogP contribution is -2.27. The Morgan fingerprint density at radius 3 is 2.51 bits per heavy atom. The number of amides is 1. The van der Waals surface area contributed by atoms with Crippen molar-refractivity contribution in [3.8, 4) is 5.75 Å². The third-order valence-electron chi connectivity index (χ3n) is 6.04. The number of carbonyl (C=O) groups excluding carboxylic acids is 1. The van der Waals surface area contributed by atoms with Crippen LogP contribution in [-0.4, -0.2) is 80.9 Å². The average Bonchev–Trinajstić information content (AvgIpc) is 3.45. The Labute approximate surface area is 219 Å². The van der Waals surface area contributed by atoms with Gasteiger partial charge in [0.1, 0.15) is 5.52 Å². The molecule has 2 aromatic rings. The molecule has 1 aromatic carbocycles. The lowest BCUT2D eigenvalue weighted by Gasteiger charge is -2.22. The number of halogens is 1. The fourth-order valence-corrected chi connectivity index (χ4v) is 4.46. The number of carbonyl (C=O) groups is 1. The van der Waals surface area contributed by atoms with Crippen LogP contribution >= 0.6 is 0 Å². The van der Waals surface area contributed by atoms with Gasteiger partial charge >= 0.3 is 0 Å². The van der Waals surface area contributed by atoms with Gasteiger partial charge in [-0.25, -0.2) is 12.8 Å². The van der Waals surface area contributed by atoms with E-state index in [9.17, 15) is 22.7 Å². The summed E-state index contributed by atoms with van der Waals surface area (Å²) in [5.74, 6) is -1.16. The van der Waals surface area contributed by atoms with Crippen LogP contribution in [0.15, 0.2) is 42.9 Å². The van der Waals surface area contributed by atoms with Crippen molar-refractivity contribution < 1.29 is 22.7 Å². The van der Waals surface area contributed by atoms with E-state index >= 15 is 0 Å². The standard InChI is InChI=1S/C18H20FN3O4S.C4H10N2.C4H8/c1-11(19)6-5-9-22-10-13-14(18(22)24)17(23)15-12(7-4-8-20-15)16(13)21(2)27(3,25)26;1-6-3-2-5-4-6;1-3-4-2/h4,7-8,23H,1,5-6,9-10H2,2-3H3;5H,2-4H2,1H3;3-4H,1-2H3/b;;4-3-. The Balaban J connectivity index is 0.000000403. The topological polar surface area (TPSA) is 106 Å². The minimum atomic E-state index is -3.61. The molecule has 4 rings (SSSR count). The van der Waals surface area contributed by atoms with Gasteiger partial charge in [0.15, 0.2) is 5.75 Å². The summed E-state index contributed by atoms with van der Waals surface area (Å²) in [5, 5.41) is 14.3. The third-order valence-corrected chi connectivity index (χ3v) is 7.21. The highest BCUT2D eigenvalue weighted by Gasteiger charge is 2.36. The highest BCUT2D eigenvalue weighted by molar-refractivity contribution is 7.92. The summed E-state index contributed by atoms with van der Waals surface area (Å²) in [6.45, 7) is 11.0. The van der Waals surface area contributed by atoms with Crippen LogP contribution in [0.2, 0.25) is 0 Å². The molecule has 1 amide bonds. The monoisotopic (exact) mass is 535 g/mol. The number of anilines is 1. The number of likely N-dealkylation sites (N-methyl/N-ethyl adjacent to an activating group) is 1. The Morgan fingerprint density at radius 2 is 2.03 bits per heavy atom. The molecule has 0 unspecified atom stereocenters. The van der Waals surface area contributed by atoms with Crippen LogP contribution in [0.25, 0.3) is 10.9 Å². The number of aromatic nitrogens is 1. The van der Waals surface area contributed by atoms with Crippen LogP contribution in [0.3, 0.4) is 0 Å². The van der Waals surface area contributed by atoms with Crippen LogP contribution in [0.5, 0.6) is 5.75 Å². The molecule has 0 saturated carbocycles. The van der Waals surface area contributed by atoms with Gasteiger partial charge in [-0.1, -0.05) is 18.7 Å². The molecule has 0 spiro atoms. The molecule has 0 aliphatic carbocycles. The number of pyridine rings is 1. The zero-order valence-corrected chi connectivity index (χ0v) is 23.1. The molecule has 0 bridgehead atoms. The molecule has 1 saturated heterocycles. The Hall–Kier alpha value is -3.02. The fraction of sp³-hybridized carbons (Fsp3) is 0.462. The minimum Gasteiger partial charge on any atom is -0.505 e. The van der Waals surface area contributed by atoms with Crippen LogP contribution in [0.1, 0.15) is 42.6 Å². The summed E-state index contributed by atoms with van der Waals surface area (Å²) < 4.78 is 38.3. The van der Waals surface area contributed by atoms with E-state index in [1.54, 1.807) is 12.1 Å². The van der Waals surface area contributed by atoms with E-state index in [2.05, 4.69) is 28.8 Å². The van der Waals surface area contributed by atoms with E-state index in [-0.39, 0.29) is 36.3 Å². The number of fused-ring (bicyclic) bond motifs is 2. The number of benzene rings is 1. The van der Waals surface area contributed by atoms with Gasteiger partial charge in [-0.05, 0) is 39.4 Å². The number of allylic oxidation sites excluding steroid dienone is 3. The van der Waals surface area contributed by atoms with E-state index in [1.165, 1.54) is 24.7 Å². The van der Waals surface area contributed by atoms with E-state index in [0.717, 1.165) is 23.8 Å². The van der Waals surface area contributed by atoms with Crippen LogP contribution in [0, 0.1) is 0 Å². The van der Waals surface area contributed by atoms with Gasteiger partial charge in [0.25, 0.3) is 5.91 Å². The Kier molecular flexibility index (Phi) is 11.0. The van der Waals surface area contributed by atoms with Gasteiger partial charge < -0.3 is 15.3 Å². The van der Waals surface area contributed by atoms with Gasteiger partial charge in [-0.3, -0.25) is 19.0 Å². The van der Waals surface area contributed by atoms with E-state index in [1.807, 2.05) is 26.0 Å². The van der Waals surface area contributed by atoms with Crippen molar-refractivity contribution in [1.29, 1.82) is 0 Å². The number of nitrogens with zero attached hydrogens (tertiary/aromatic N) is 4. The normalized spacial score (nSPS) is 15.3. The smallest absolute Gasteiger partial charge is 0.258 e.